The van der Waals surface area contributed by atoms with Crippen LogP contribution in [0.4, 0.5) is 0 Å². The Morgan fingerprint density at radius 3 is 2.24 bits per heavy atom. The Hall–Kier alpha value is -1.06. The maximum atomic E-state index is 10.3. The molecule has 1 N–H and O–H groups in total. The largest absolute Gasteiger partial charge is 0.388 e. The van der Waals surface area contributed by atoms with Gasteiger partial charge in [-0.2, -0.15) is 0 Å². The maximum absolute atomic E-state index is 10.3. The van der Waals surface area contributed by atoms with Gasteiger partial charge in [0.15, 0.2) is 6.29 Å². The Kier molecular flexibility index (Phi) is 5.45. The molecule has 3 rings (SSSR count). The Labute approximate surface area is 147 Å². The number of ether oxygens (including phenoxy) is 6. The van der Waals surface area contributed by atoms with Gasteiger partial charge in [0, 0.05) is 14.2 Å². The molecule has 0 bridgehead atoms. The summed E-state index contributed by atoms with van der Waals surface area (Å²) in [5.41, 5.74) is 1.02. The Morgan fingerprint density at radius 1 is 1.04 bits per heavy atom. The molecule has 7 nitrogen and oxygen atoms in total. The lowest BCUT2D eigenvalue weighted by Crippen LogP contribution is -2.71. The molecule has 7 heteroatoms. The van der Waals surface area contributed by atoms with Crippen LogP contribution in [0.15, 0.2) is 30.3 Å². The Bertz CT molecular complexity index is 568. The number of benzene rings is 1. The van der Waals surface area contributed by atoms with Crippen LogP contribution in [-0.2, 0) is 35.0 Å². The Balaban J connectivity index is 1.77. The van der Waals surface area contributed by atoms with Crippen LogP contribution in [0.5, 0.6) is 0 Å². The quantitative estimate of drug-likeness (QED) is 0.857. The SMILES string of the molecule is CO[C@@]1(C)O[C@H]2[C@H](OCc3ccccc3)OC[C@@H](O)[C@@H]2O[C@@]1(C)OC. The molecular formula is C18H26O7. The van der Waals surface area contributed by atoms with Gasteiger partial charge in [0.25, 0.3) is 0 Å². The molecule has 2 heterocycles. The molecule has 0 spiro atoms. The average molecular weight is 354 g/mol. The minimum absolute atomic E-state index is 0.0907. The van der Waals surface area contributed by atoms with Gasteiger partial charge in [-0.1, -0.05) is 30.3 Å². The number of rotatable bonds is 5. The third kappa shape index (κ3) is 3.46. The van der Waals surface area contributed by atoms with Gasteiger partial charge in [0.1, 0.15) is 18.3 Å². The lowest BCUT2D eigenvalue weighted by atomic mass is 9.98. The summed E-state index contributed by atoms with van der Waals surface area (Å²) in [7, 11) is 3.02. The van der Waals surface area contributed by atoms with E-state index in [0.717, 1.165) is 5.56 Å². The predicted octanol–water partition coefficient (Wildman–Crippen LogP) is 1.43. The summed E-state index contributed by atoms with van der Waals surface area (Å²) < 4.78 is 34.7. The van der Waals surface area contributed by atoms with Gasteiger partial charge in [-0.05, 0) is 19.4 Å². The molecule has 1 aromatic carbocycles. The van der Waals surface area contributed by atoms with E-state index in [-0.39, 0.29) is 6.61 Å². The summed E-state index contributed by atoms with van der Waals surface area (Å²) in [6.45, 7) is 3.89. The molecule has 2 aliphatic rings. The molecule has 0 radical (unpaired) electrons. The van der Waals surface area contributed by atoms with Gasteiger partial charge in [0.05, 0.1) is 13.2 Å². The van der Waals surface area contributed by atoms with Crippen molar-refractivity contribution in [1.82, 2.24) is 0 Å². The molecule has 140 valence electrons. The van der Waals surface area contributed by atoms with Crippen molar-refractivity contribution in [3.63, 3.8) is 0 Å². The predicted molar refractivity (Wildman–Crippen MR) is 87.6 cm³/mol. The zero-order valence-corrected chi connectivity index (χ0v) is 15.0. The van der Waals surface area contributed by atoms with Gasteiger partial charge in [0.2, 0.25) is 11.6 Å². The zero-order chi connectivity index (χ0) is 18.1. The summed E-state index contributed by atoms with van der Waals surface area (Å²) in [5.74, 6) is -2.36. The van der Waals surface area contributed by atoms with Crippen molar-refractivity contribution in [2.45, 2.75) is 56.6 Å². The second-order valence-corrected chi connectivity index (χ2v) is 6.53. The van der Waals surface area contributed by atoms with Crippen molar-refractivity contribution < 1.29 is 33.5 Å². The summed E-state index contributed by atoms with van der Waals surface area (Å²) in [6.07, 6.45) is -2.84. The van der Waals surface area contributed by atoms with Crippen LogP contribution in [0.2, 0.25) is 0 Å². The molecule has 1 aromatic rings. The molecule has 0 saturated carbocycles. The van der Waals surface area contributed by atoms with Gasteiger partial charge in [-0.3, -0.25) is 0 Å². The average Bonchev–Trinajstić information content (AvgIpc) is 2.64. The Morgan fingerprint density at radius 2 is 1.64 bits per heavy atom. The van der Waals surface area contributed by atoms with E-state index in [1.165, 1.54) is 14.2 Å². The van der Waals surface area contributed by atoms with E-state index >= 15 is 0 Å². The van der Waals surface area contributed by atoms with E-state index < -0.39 is 36.2 Å². The van der Waals surface area contributed by atoms with E-state index in [0.29, 0.717) is 6.61 Å². The summed E-state index contributed by atoms with van der Waals surface area (Å²) >= 11 is 0. The molecule has 6 atom stereocenters. The fourth-order valence-electron chi connectivity index (χ4n) is 3.12. The second-order valence-electron chi connectivity index (χ2n) is 6.53. The topological polar surface area (TPSA) is 75.6 Å². The highest BCUT2D eigenvalue weighted by Crippen LogP contribution is 2.42. The lowest BCUT2D eigenvalue weighted by molar-refractivity contribution is -0.479. The molecule has 0 aromatic heterocycles. The lowest BCUT2D eigenvalue weighted by Gasteiger charge is -2.55. The van der Waals surface area contributed by atoms with Crippen LogP contribution in [0.1, 0.15) is 19.4 Å². The number of aliphatic hydroxyl groups excluding tert-OH is 1. The van der Waals surface area contributed by atoms with Crippen LogP contribution in [0.25, 0.3) is 0 Å². The fraction of sp³-hybridized carbons (Fsp3) is 0.667. The third-order valence-electron chi connectivity index (χ3n) is 4.99. The molecule has 25 heavy (non-hydrogen) atoms. The highest BCUT2D eigenvalue weighted by Gasteiger charge is 2.61. The van der Waals surface area contributed by atoms with Gasteiger partial charge in [-0.25, -0.2) is 0 Å². The molecule has 0 aliphatic carbocycles. The first kappa shape index (κ1) is 18.7. The van der Waals surface area contributed by atoms with Crippen LogP contribution in [0, 0.1) is 0 Å². The first-order valence-corrected chi connectivity index (χ1v) is 8.33. The molecular weight excluding hydrogens is 328 g/mol. The third-order valence-corrected chi connectivity index (χ3v) is 4.99. The number of hydrogen-bond donors (Lipinski definition) is 1. The van der Waals surface area contributed by atoms with Gasteiger partial charge in [-0.15, -0.1) is 0 Å². The van der Waals surface area contributed by atoms with Crippen molar-refractivity contribution >= 4 is 0 Å². The minimum Gasteiger partial charge on any atom is -0.388 e. The summed E-state index contributed by atoms with van der Waals surface area (Å²) in [5, 5.41) is 10.3. The van der Waals surface area contributed by atoms with Crippen molar-refractivity contribution in [2.24, 2.45) is 0 Å². The van der Waals surface area contributed by atoms with Crippen LogP contribution >= 0.6 is 0 Å². The highest BCUT2D eigenvalue weighted by molar-refractivity contribution is 5.13. The van der Waals surface area contributed by atoms with E-state index in [9.17, 15) is 5.11 Å². The van der Waals surface area contributed by atoms with E-state index in [2.05, 4.69) is 0 Å². The summed E-state index contributed by atoms with van der Waals surface area (Å²) in [6, 6.07) is 9.77. The van der Waals surface area contributed by atoms with E-state index in [4.69, 9.17) is 28.4 Å². The first-order valence-electron chi connectivity index (χ1n) is 8.33. The van der Waals surface area contributed by atoms with Crippen LogP contribution in [-0.4, -0.2) is 62.1 Å². The maximum Gasteiger partial charge on any atom is 0.220 e. The van der Waals surface area contributed by atoms with Gasteiger partial charge < -0.3 is 33.5 Å². The van der Waals surface area contributed by atoms with Gasteiger partial charge >= 0.3 is 0 Å². The standard InChI is InChI=1S/C18H26O7/c1-17(20-3)18(2,21-4)25-15-14(24-17)13(19)11-23-16(15)22-10-12-8-6-5-7-9-12/h5-9,13-16,19H,10-11H2,1-4H3/t13-,14+,15-,16-,17-,18+/m1/s1. The smallest absolute Gasteiger partial charge is 0.220 e. The summed E-state index contributed by atoms with van der Waals surface area (Å²) in [4.78, 5) is 0. The molecule has 2 saturated heterocycles. The number of methoxy groups -OCH3 is 2. The highest BCUT2D eigenvalue weighted by atomic mass is 16.8. The van der Waals surface area contributed by atoms with Crippen LogP contribution in [0.3, 0.4) is 0 Å². The molecule has 2 fully saturated rings. The van der Waals surface area contributed by atoms with Crippen molar-refractivity contribution in [1.29, 1.82) is 0 Å². The minimum atomic E-state index is -1.18. The van der Waals surface area contributed by atoms with Crippen molar-refractivity contribution in [2.75, 3.05) is 20.8 Å². The van der Waals surface area contributed by atoms with Crippen molar-refractivity contribution in [3.05, 3.63) is 35.9 Å². The van der Waals surface area contributed by atoms with E-state index in [1.807, 2.05) is 30.3 Å². The van der Waals surface area contributed by atoms with Crippen LogP contribution < -0.4 is 0 Å². The number of fused-ring (bicyclic) bond motifs is 1. The molecule has 0 unspecified atom stereocenters. The van der Waals surface area contributed by atoms with Crippen molar-refractivity contribution in [3.8, 4) is 0 Å². The second kappa shape index (κ2) is 7.28. The molecule has 2 aliphatic heterocycles. The van der Waals surface area contributed by atoms with E-state index in [1.54, 1.807) is 13.8 Å². The fourth-order valence-corrected chi connectivity index (χ4v) is 3.12. The zero-order valence-electron chi connectivity index (χ0n) is 15.0. The number of hydrogen-bond acceptors (Lipinski definition) is 7. The first-order chi connectivity index (χ1) is 11.9. The normalized spacial score (nSPS) is 41.3. The molecule has 0 amide bonds. The number of aliphatic hydroxyl groups is 1. The monoisotopic (exact) mass is 354 g/mol.